The number of halogens is 1. The number of aryl methyl sites for hydroxylation is 1. The largest absolute Gasteiger partial charge is 0.481 e. The van der Waals surface area contributed by atoms with E-state index in [1.807, 2.05) is 0 Å². The van der Waals surface area contributed by atoms with Crippen LogP contribution in [0, 0.1) is 0 Å². The molecule has 18 heavy (non-hydrogen) atoms. The number of nitrogens with zero attached hydrogens (tertiary/aromatic N) is 1. The number of carboxylic acid groups (broad SMARTS) is 1. The van der Waals surface area contributed by atoms with Gasteiger partial charge in [-0.05, 0) is 19.4 Å². The molecule has 0 aliphatic heterocycles. The third kappa shape index (κ3) is 5.51. The van der Waals surface area contributed by atoms with Crippen LogP contribution in [0.1, 0.15) is 44.1 Å². The highest BCUT2D eigenvalue weighted by molar-refractivity contribution is 6.30. The molecule has 0 saturated carbocycles. The molecule has 102 valence electrons. The Labute approximate surface area is 112 Å². The SMILES string of the molecule is CCCCc1nc(Cl)c(CNCCCC(=O)O)[nH]1. The smallest absolute Gasteiger partial charge is 0.303 e. The molecule has 0 spiro atoms. The summed E-state index contributed by atoms with van der Waals surface area (Å²) in [5, 5.41) is 12.1. The van der Waals surface area contributed by atoms with Crippen LogP contribution in [-0.2, 0) is 17.8 Å². The maximum absolute atomic E-state index is 10.3. The highest BCUT2D eigenvalue weighted by atomic mass is 35.5. The second-order valence-corrected chi connectivity index (χ2v) is 4.59. The standard InChI is InChI=1S/C12H20ClN3O2/c1-2-3-5-10-15-9(12(13)16-10)8-14-7-4-6-11(17)18/h14H,2-8H2,1H3,(H,15,16)(H,17,18). The Hall–Kier alpha value is -1.07. The van der Waals surface area contributed by atoms with Crippen LogP contribution in [0.5, 0.6) is 0 Å². The van der Waals surface area contributed by atoms with Crippen LogP contribution in [0.3, 0.4) is 0 Å². The minimum absolute atomic E-state index is 0.186. The number of imidazole rings is 1. The molecule has 0 aliphatic carbocycles. The molecule has 1 aromatic heterocycles. The molecule has 0 bridgehead atoms. The highest BCUT2D eigenvalue weighted by Crippen LogP contribution is 2.13. The van der Waals surface area contributed by atoms with Crippen LogP contribution in [0.25, 0.3) is 0 Å². The van der Waals surface area contributed by atoms with Crippen molar-refractivity contribution in [1.82, 2.24) is 15.3 Å². The summed E-state index contributed by atoms with van der Waals surface area (Å²) in [6.45, 7) is 3.39. The fourth-order valence-electron chi connectivity index (χ4n) is 1.60. The summed E-state index contributed by atoms with van der Waals surface area (Å²) in [7, 11) is 0. The van der Waals surface area contributed by atoms with Gasteiger partial charge in [0.05, 0.1) is 5.69 Å². The number of rotatable bonds is 9. The minimum Gasteiger partial charge on any atom is -0.481 e. The molecule has 0 atom stereocenters. The normalized spacial score (nSPS) is 10.8. The monoisotopic (exact) mass is 273 g/mol. The van der Waals surface area contributed by atoms with Gasteiger partial charge >= 0.3 is 5.97 Å². The highest BCUT2D eigenvalue weighted by Gasteiger charge is 2.07. The number of aromatic nitrogens is 2. The lowest BCUT2D eigenvalue weighted by molar-refractivity contribution is -0.137. The average molecular weight is 274 g/mol. The van der Waals surface area contributed by atoms with Crippen molar-refractivity contribution in [1.29, 1.82) is 0 Å². The third-order valence-corrected chi connectivity index (χ3v) is 2.90. The summed E-state index contributed by atoms with van der Waals surface area (Å²) in [6.07, 6.45) is 3.93. The lowest BCUT2D eigenvalue weighted by atomic mass is 10.2. The lowest BCUT2D eigenvalue weighted by Gasteiger charge is -2.01. The van der Waals surface area contributed by atoms with Crippen molar-refractivity contribution in [3.8, 4) is 0 Å². The Balaban J connectivity index is 2.28. The number of nitrogens with one attached hydrogen (secondary N) is 2. The molecule has 0 saturated heterocycles. The number of hydrogen-bond acceptors (Lipinski definition) is 3. The number of H-pyrrole nitrogens is 1. The maximum atomic E-state index is 10.3. The molecule has 3 N–H and O–H groups in total. The molecule has 0 aliphatic rings. The van der Waals surface area contributed by atoms with Gasteiger partial charge in [0.25, 0.3) is 0 Å². The third-order valence-electron chi connectivity index (χ3n) is 2.59. The van der Waals surface area contributed by atoms with Crippen LogP contribution in [0.2, 0.25) is 5.15 Å². The number of hydrogen-bond donors (Lipinski definition) is 3. The van der Waals surface area contributed by atoms with Crippen molar-refractivity contribution in [2.75, 3.05) is 6.54 Å². The Kier molecular flexibility index (Phi) is 6.75. The molecule has 0 unspecified atom stereocenters. The summed E-state index contributed by atoms with van der Waals surface area (Å²) >= 11 is 6.01. The minimum atomic E-state index is -0.766. The van der Waals surface area contributed by atoms with Gasteiger partial charge in [0.15, 0.2) is 5.15 Å². The number of aromatic amines is 1. The average Bonchev–Trinajstić information content (AvgIpc) is 2.67. The molecule has 1 rings (SSSR count). The number of unbranched alkanes of at least 4 members (excludes halogenated alkanes) is 1. The number of carbonyl (C=O) groups is 1. The van der Waals surface area contributed by atoms with E-state index in [0.717, 1.165) is 30.8 Å². The number of aliphatic carboxylic acids is 1. The van der Waals surface area contributed by atoms with Crippen molar-refractivity contribution in [3.63, 3.8) is 0 Å². The molecule has 6 heteroatoms. The topological polar surface area (TPSA) is 78.0 Å². The van der Waals surface area contributed by atoms with Crippen molar-refractivity contribution >= 4 is 17.6 Å². The van der Waals surface area contributed by atoms with E-state index < -0.39 is 5.97 Å². The molecule has 1 aromatic rings. The fourth-order valence-corrected chi connectivity index (χ4v) is 1.81. The first-order chi connectivity index (χ1) is 8.63. The molecule has 0 aromatic carbocycles. The van der Waals surface area contributed by atoms with Crippen LogP contribution in [0.15, 0.2) is 0 Å². The summed E-state index contributed by atoms with van der Waals surface area (Å²) < 4.78 is 0. The zero-order chi connectivity index (χ0) is 13.4. The lowest BCUT2D eigenvalue weighted by Crippen LogP contribution is -2.16. The zero-order valence-corrected chi connectivity index (χ0v) is 11.4. The van der Waals surface area contributed by atoms with Crippen LogP contribution in [-0.4, -0.2) is 27.6 Å². The van der Waals surface area contributed by atoms with Crippen molar-refractivity contribution in [2.45, 2.75) is 45.6 Å². The quantitative estimate of drug-likeness (QED) is 0.604. The van der Waals surface area contributed by atoms with Crippen molar-refractivity contribution < 1.29 is 9.90 Å². The predicted molar refractivity (Wildman–Crippen MR) is 70.8 cm³/mol. The van der Waals surface area contributed by atoms with E-state index in [4.69, 9.17) is 16.7 Å². The van der Waals surface area contributed by atoms with Crippen LogP contribution >= 0.6 is 11.6 Å². The maximum Gasteiger partial charge on any atom is 0.303 e. The Morgan fingerprint density at radius 1 is 1.50 bits per heavy atom. The second-order valence-electron chi connectivity index (χ2n) is 4.23. The van der Waals surface area contributed by atoms with E-state index in [-0.39, 0.29) is 6.42 Å². The van der Waals surface area contributed by atoms with E-state index in [9.17, 15) is 4.79 Å². The summed E-state index contributed by atoms with van der Waals surface area (Å²) in [6, 6.07) is 0. The van der Waals surface area contributed by atoms with Gasteiger partial charge in [0, 0.05) is 19.4 Å². The fraction of sp³-hybridized carbons (Fsp3) is 0.667. The first-order valence-corrected chi connectivity index (χ1v) is 6.67. The van der Waals surface area contributed by atoms with Crippen LogP contribution < -0.4 is 5.32 Å². The summed E-state index contributed by atoms with van der Waals surface area (Å²) in [4.78, 5) is 17.8. The van der Waals surface area contributed by atoms with Gasteiger partial charge in [-0.3, -0.25) is 4.79 Å². The van der Waals surface area contributed by atoms with Crippen molar-refractivity contribution in [3.05, 3.63) is 16.7 Å². The Bertz CT molecular complexity index is 379. The molecular formula is C12H20ClN3O2. The van der Waals surface area contributed by atoms with Gasteiger partial charge in [0.1, 0.15) is 5.82 Å². The van der Waals surface area contributed by atoms with E-state index in [1.165, 1.54) is 0 Å². The second kappa shape index (κ2) is 8.11. The van der Waals surface area contributed by atoms with E-state index in [0.29, 0.717) is 24.7 Å². The van der Waals surface area contributed by atoms with Gasteiger partial charge in [-0.25, -0.2) is 4.98 Å². The molecule has 0 radical (unpaired) electrons. The molecular weight excluding hydrogens is 254 g/mol. The molecule has 0 amide bonds. The zero-order valence-electron chi connectivity index (χ0n) is 10.6. The number of carboxylic acids is 1. The van der Waals surface area contributed by atoms with Gasteiger partial charge in [-0.2, -0.15) is 0 Å². The summed E-state index contributed by atoms with van der Waals surface area (Å²) in [5.74, 6) is 0.155. The Morgan fingerprint density at radius 3 is 2.94 bits per heavy atom. The Morgan fingerprint density at radius 2 is 2.28 bits per heavy atom. The summed E-state index contributed by atoms with van der Waals surface area (Å²) in [5.41, 5.74) is 0.873. The van der Waals surface area contributed by atoms with E-state index in [2.05, 4.69) is 22.2 Å². The predicted octanol–water partition coefficient (Wildman–Crippen LogP) is 2.36. The van der Waals surface area contributed by atoms with Gasteiger partial charge in [-0.1, -0.05) is 24.9 Å². The van der Waals surface area contributed by atoms with Crippen molar-refractivity contribution in [2.24, 2.45) is 0 Å². The van der Waals surface area contributed by atoms with Gasteiger partial charge in [-0.15, -0.1) is 0 Å². The van der Waals surface area contributed by atoms with E-state index >= 15 is 0 Å². The first-order valence-electron chi connectivity index (χ1n) is 6.29. The van der Waals surface area contributed by atoms with Gasteiger partial charge in [0.2, 0.25) is 0 Å². The molecule has 0 fully saturated rings. The first kappa shape index (κ1) is 15.0. The molecule has 5 nitrogen and oxygen atoms in total. The molecule has 1 heterocycles. The van der Waals surface area contributed by atoms with Crippen LogP contribution in [0.4, 0.5) is 0 Å². The van der Waals surface area contributed by atoms with Gasteiger partial charge < -0.3 is 15.4 Å². The van der Waals surface area contributed by atoms with E-state index in [1.54, 1.807) is 0 Å².